The second kappa shape index (κ2) is 3.00. The first kappa shape index (κ1) is 8.83. The van der Waals surface area contributed by atoms with Crippen LogP contribution in [0.4, 0.5) is 8.78 Å². The lowest BCUT2D eigenvalue weighted by molar-refractivity contribution is -0.247. The number of hydrogen-bond acceptors (Lipinski definition) is 3. The van der Waals surface area contributed by atoms with Crippen LogP contribution in [0, 0.1) is 0 Å². The van der Waals surface area contributed by atoms with Crippen molar-refractivity contribution in [2.45, 2.75) is 25.2 Å². The average molecular weight is 166 g/mol. The average Bonchev–Trinajstić information content (AvgIpc) is 2.12. The van der Waals surface area contributed by atoms with Gasteiger partial charge in [0.25, 0.3) is 0 Å². The number of alkyl halides is 2. The number of nitrogens with two attached hydrogens (primary N) is 1. The smallest absolute Gasteiger partial charge is 0.324 e. The van der Waals surface area contributed by atoms with Gasteiger partial charge < -0.3 is 15.8 Å². The highest BCUT2D eigenvalue weighted by molar-refractivity contribution is 4.85. The Kier molecular flexibility index (Phi) is 2.41. The Morgan fingerprint density at radius 2 is 2.18 bits per heavy atom. The fraction of sp³-hybridized carbons (Fsp3) is 1.00. The number of rotatable bonds is 2. The normalized spacial score (nSPS) is 32.7. The molecular weight excluding hydrogens is 154 g/mol. The number of hydrogen-bond donors (Lipinski definition) is 2. The van der Waals surface area contributed by atoms with Crippen LogP contribution in [0.1, 0.15) is 6.92 Å². The van der Waals surface area contributed by atoms with E-state index >= 15 is 0 Å². The molecule has 5 heteroatoms. The molecule has 1 aliphatic heterocycles. The van der Waals surface area contributed by atoms with Gasteiger partial charge in [-0.2, -0.15) is 8.78 Å². The van der Waals surface area contributed by atoms with Crippen LogP contribution in [-0.4, -0.2) is 31.3 Å². The van der Waals surface area contributed by atoms with Gasteiger partial charge in [-0.05, 0) is 0 Å². The van der Waals surface area contributed by atoms with E-state index in [4.69, 9.17) is 5.73 Å². The first-order valence-corrected chi connectivity index (χ1v) is 3.51. The summed E-state index contributed by atoms with van der Waals surface area (Å²) >= 11 is 0. The Morgan fingerprint density at radius 3 is 2.55 bits per heavy atom. The minimum atomic E-state index is -3.08. The highest BCUT2D eigenvalue weighted by Gasteiger charge is 2.33. The van der Waals surface area contributed by atoms with Crippen molar-refractivity contribution in [3.05, 3.63) is 0 Å². The topological polar surface area (TPSA) is 47.3 Å². The lowest BCUT2D eigenvalue weighted by Crippen LogP contribution is -2.39. The van der Waals surface area contributed by atoms with E-state index in [1.807, 2.05) is 0 Å². The van der Waals surface area contributed by atoms with Gasteiger partial charge in [-0.1, -0.05) is 0 Å². The summed E-state index contributed by atoms with van der Waals surface area (Å²) in [5.41, 5.74) is 5.47. The summed E-state index contributed by atoms with van der Waals surface area (Å²) in [5.74, 6) is 0. The van der Waals surface area contributed by atoms with Gasteiger partial charge in [0.05, 0.1) is 6.10 Å². The molecule has 2 unspecified atom stereocenters. The third kappa shape index (κ3) is 2.69. The van der Waals surface area contributed by atoms with E-state index in [2.05, 4.69) is 10.1 Å². The van der Waals surface area contributed by atoms with Crippen molar-refractivity contribution in [2.75, 3.05) is 13.1 Å². The summed E-state index contributed by atoms with van der Waals surface area (Å²) in [6.07, 6.45) is -3.64. The van der Waals surface area contributed by atoms with Crippen LogP contribution in [0.3, 0.4) is 0 Å². The monoisotopic (exact) mass is 166 g/mol. The fourth-order valence-corrected chi connectivity index (χ4v) is 1.07. The second-order valence-electron chi connectivity index (χ2n) is 2.79. The van der Waals surface area contributed by atoms with Crippen LogP contribution in [0.5, 0.6) is 0 Å². The van der Waals surface area contributed by atoms with Gasteiger partial charge in [0.1, 0.15) is 0 Å². The van der Waals surface area contributed by atoms with Crippen molar-refractivity contribution in [3.63, 3.8) is 0 Å². The Bertz CT molecular complexity index is 137. The van der Waals surface area contributed by atoms with Gasteiger partial charge in [-0.3, -0.25) is 0 Å². The molecular formula is C6H12F2N2O. The zero-order valence-electron chi connectivity index (χ0n) is 6.31. The minimum absolute atomic E-state index is 0.319. The summed E-state index contributed by atoms with van der Waals surface area (Å²) in [7, 11) is 0. The molecule has 0 bridgehead atoms. The Balaban J connectivity index is 2.37. The molecule has 2 atom stereocenters. The first-order chi connectivity index (χ1) is 4.99. The fourth-order valence-electron chi connectivity index (χ4n) is 1.07. The molecule has 11 heavy (non-hydrogen) atoms. The Morgan fingerprint density at radius 1 is 1.55 bits per heavy atom. The quantitative estimate of drug-likeness (QED) is 0.603. The van der Waals surface area contributed by atoms with Crippen LogP contribution < -0.4 is 11.1 Å². The van der Waals surface area contributed by atoms with E-state index in [1.165, 1.54) is 0 Å². The predicted octanol–water partition coefficient (Wildman–Crippen LogP) is -0.0852. The van der Waals surface area contributed by atoms with E-state index in [9.17, 15) is 8.78 Å². The Labute approximate surface area is 63.9 Å². The molecule has 0 spiro atoms. The highest BCUT2D eigenvalue weighted by atomic mass is 19.3. The minimum Gasteiger partial charge on any atom is -0.324 e. The summed E-state index contributed by atoms with van der Waals surface area (Å²) in [6.45, 7) is 1.67. The van der Waals surface area contributed by atoms with Crippen molar-refractivity contribution in [1.29, 1.82) is 0 Å². The van der Waals surface area contributed by atoms with Crippen molar-refractivity contribution >= 4 is 0 Å². The first-order valence-electron chi connectivity index (χ1n) is 3.51. The van der Waals surface area contributed by atoms with E-state index < -0.39 is 12.2 Å². The summed E-state index contributed by atoms with van der Waals surface area (Å²) in [6, 6.07) is -0.319. The van der Waals surface area contributed by atoms with Crippen molar-refractivity contribution in [3.8, 4) is 0 Å². The van der Waals surface area contributed by atoms with Crippen molar-refractivity contribution in [2.24, 2.45) is 5.73 Å². The third-order valence-electron chi connectivity index (χ3n) is 1.56. The number of nitrogens with one attached hydrogen (secondary N) is 1. The van der Waals surface area contributed by atoms with Crippen LogP contribution in [0.15, 0.2) is 0 Å². The van der Waals surface area contributed by atoms with Crippen LogP contribution in [0.25, 0.3) is 0 Å². The van der Waals surface area contributed by atoms with E-state index in [1.54, 1.807) is 0 Å². The predicted molar refractivity (Wildman–Crippen MR) is 36.3 cm³/mol. The standard InChI is InChI=1S/C6H12F2N2O/c1-6(7,8)11-5-3-10-2-4(5)9/h4-5,10H,2-3,9H2,1H3. The zero-order chi connectivity index (χ0) is 8.48. The van der Waals surface area contributed by atoms with Gasteiger partial charge in [0.15, 0.2) is 0 Å². The van der Waals surface area contributed by atoms with Crippen LogP contribution in [0.2, 0.25) is 0 Å². The summed E-state index contributed by atoms with van der Waals surface area (Å²) < 4.78 is 28.9. The van der Waals surface area contributed by atoms with Crippen molar-refractivity contribution in [1.82, 2.24) is 5.32 Å². The van der Waals surface area contributed by atoms with Gasteiger partial charge in [0, 0.05) is 26.1 Å². The zero-order valence-corrected chi connectivity index (χ0v) is 6.31. The molecule has 0 aromatic heterocycles. The third-order valence-corrected chi connectivity index (χ3v) is 1.56. The van der Waals surface area contributed by atoms with Crippen LogP contribution in [-0.2, 0) is 4.74 Å². The summed E-state index contributed by atoms with van der Waals surface area (Å²) in [4.78, 5) is 0. The Hall–Kier alpha value is -0.260. The summed E-state index contributed by atoms with van der Waals surface area (Å²) in [5, 5.41) is 2.86. The van der Waals surface area contributed by atoms with Crippen LogP contribution >= 0.6 is 0 Å². The molecule has 3 nitrogen and oxygen atoms in total. The molecule has 1 aliphatic rings. The molecule has 0 amide bonds. The van der Waals surface area contributed by atoms with Gasteiger partial charge in [-0.25, -0.2) is 0 Å². The molecule has 66 valence electrons. The maximum atomic E-state index is 12.2. The lowest BCUT2D eigenvalue weighted by Gasteiger charge is -2.19. The van der Waals surface area contributed by atoms with E-state index in [0.29, 0.717) is 13.1 Å². The maximum absolute atomic E-state index is 12.2. The molecule has 0 radical (unpaired) electrons. The van der Waals surface area contributed by atoms with Crippen molar-refractivity contribution < 1.29 is 13.5 Å². The molecule has 1 rings (SSSR count). The van der Waals surface area contributed by atoms with Gasteiger partial charge in [0.2, 0.25) is 0 Å². The molecule has 0 aliphatic carbocycles. The highest BCUT2D eigenvalue weighted by Crippen LogP contribution is 2.18. The SMILES string of the molecule is CC(F)(F)OC1CNCC1N. The molecule has 0 saturated carbocycles. The molecule has 0 aromatic carbocycles. The van der Waals surface area contributed by atoms with E-state index in [-0.39, 0.29) is 6.04 Å². The number of ether oxygens (including phenoxy) is 1. The van der Waals surface area contributed by atoms with E-state index in [0.717, 1.165) is 6.92 Å². The lowest BCUT2D eigenvalue weighted by atomic mass is 10.2. The molecule has 1 heterocycles. The molecule has 1 fully saturated rings. The van der Waals surface area contributed by atoms with Gasteiger partial charge >= 0.3 is 6.11 Å². The molecule has 1 saturated heterocycles. The molecule has 0 aromatic rings. The second-order valence-corrected chi connectivity index (χ2v) is 2.79. The maximum Gasteiger partial charge on any atom is 0.353 e. The van der Waals surface area contributed by atoms with Gasteiger partial charge in [-0.15, -0.1) is 0 Å². The largest absolute Gasteiger partial charge is 0.353 e. The molecule has 3 N–H and O–H groups in total. The number of halogens is 2.